The van der Waals surface area contributed by atoms with Crippen LogP contribution < -0.4 is 5.73 Å². The molecule has 0 bridgehead atoms. The molecule has 0 unspecified atom stereocenters. The number of amides is 1. The zero-order valence-corrected chi connectivity index (χ0v) is 12.1. The van der Waals surface area contributed by atoms with E-state index in [0.717, 1.165) is 28.8 Å². The van der Waals surface area contributed by atoms with Gasteiger partial charge in [0.05, 0.1) is 0 Å². The fourth-order valence-electron chi connectivity index (χ4n) is 2.38. The first-order chi connectivity index (χ1) is 7.83. The van der Waals surface area contributed by atoms with E-state index in [1.54, 1.807) is 0 Å². The van der Waals surface area contributed by atoms with Gasteiger partial charge in [-0.05, 0) is 67.8 Å². The largest absolute Gasteiger partial charge is 0.455 e. The Hall–Kier alpha value is -0.720. The molecule has 94 valence electrons. The molecule has 2 N–H and O–H groups in total. The van der Waals surface area contributed by atoms with Gasteiger partial charge < -0.3 is 14.9 Å². The highest BCUT2D eigenvalue weighted by Gasteiger charge is 2.51. The Bertz CT molecular complexity index is 435. The summed E-state index contributed by atoms with van der Waals surface area (Å²) in [6.07, 6.45) is 2.16. The van der Waals surface area contributed by atoms with Crippen LogP contribution in [0.3, 0.4) is 0 Å². The van der Waals surface area contributed by atoms with Crippen molar-refractivity contribution in [2.45, 2.75) is 44.1 Å². The minimum atomic E-state index is -0.722. The Kier molecular flexibility index (Phi) is 3.14. The molecule has 5 heteroatoms. The van der Waals surface area contributed by atoms with Gasteiger partial charge in [-0.15, -0.1) is 0 Å². The van der Waals surface area contributed by atoms with Crippen molar-refractivity contribution in [1.82, 2.24) is 0 Å². The Labute approximate surface area is 114 Å². The lowest BCUT2D eigenvalue weighted by molar-refractivity contribution is 0.0293. The van der Waals surface area contributed by atoms with Crippen LogP contribution >= 0.6 is 22.6 Å². The van der Waals surface area contributed by atoms with E-state index in [2.05, 4.69) is 22.6 Å². The molecule has 4 nitrogen and oxygen atoms in total. The Morgan fingerprint density at radius 1 is 1.59 bits per heavy atom. The monoisotopic (exact) mass is 349 g/mol. The first-order valence-corrected chi connectivity index (χ1v) is 6.65. The molecule has 1 aromatic heterocycles. The average Bonchev–Trinajstić information content (AvgIpc) is 2.76. The van der Waals surface area contributed by atoms with E-state index in [4.69, 9.17) is 14.9 Å². The molecule has 1 aliphatic carbocycles. The van der Waals surface area contributed by atoms with Crippen LogP contribution in [-0.2, 0) is 10.2 Å². The van der Waals surface area contributed by atoms with Gasteiger partial charge in [0.15, 0.2) is 3.77 Å². The number of furan rings is 1. The number of nitrogens with two attached hydrogens (primary N) is 1. The predicted octanol–water partition coefficient (Wildman–Crippen LogP) is 3.18. The van der Waals surface area contributed by atoms with Gasteiger partial charge in [-0.25, -0.2) is 4.79 Å². The van der Waals surface area contributed by atoms with Crippen molar-refractivity contribution < 1.29 is 13.9 Å². The number of ether oxygens (including phenoxy) is 1. The number of carbonyl (C=O) groups is 1. The van der Waals surface area contributed by atoms with E-state index in [-0.39, 0.29) is 5.41 Å². The minimum absolute atomic E-state index is 0.0301. The van der Waals surface area contributed by atoms with Gasteiger partial charge in [-0.1, -0.05) is 0 Å². The zero-order valence-electron chi connectivity index (χ0n) is 9.96. The first-order valence-electron chi connectivity index (χ1n) is 5.57. The number of rotatable bonds is 4. The number of halogens is 1. The third-order valence-corrected chi connectivity index (χ3v) is 3.67. The summed E-state index contributed by atoms with van der Waals surface area (Å²) in [7, 11) is 0. The average molecular weight is 349 g/mol. The lowest BCUT2D eigenvalue weighted by Crippen LogP contribution is -2.34. The van der Waals surface area contributed by atoms with Crippen LogP contribution in [0, 0.1) is 3.77 Å². The van der Waals surface area contributed by atoms with Crippen LogP contribution in [-0.4, -0.2) is 11.7 Å². The van der Waals surface area contributed by atoms with E-state index in [1.807, 2.05) is 26.0 Å². The van der Waals surface area contributed by atoms with Gasteiger partial charge in [0.25, 0.3) is 0 Å². The molecule has 0 aromatic carbocycles. The zero-order chi connectivity index (χ0) is 12.7. The molecule has 2 rings (SSSR count). The number of hydrogen-bond donors (Lipinski definition) is 1. The van der Waals surface area contributed by atoms with Crippen LogP contribution in [0.25, 0.3) is 0 Å². The summed E-state index contributed by atoms with van der Waals surface area (Å²) in [5.74, 6) is 0.989. The summed E-state index contributed by atoms with van der Waals surface area (Å²) in [5, 5.41) is 0. The predicted molar refractivity (Wildman–Crippen MR) is 71.7 cm³/mol. The summed E-state index contributed by atoms with van der Waals surface area (Å²) >= 11 is 2.15. The Morgan fingerprint density at radius 3 is 2.65 bits per heavy atom. The maximum atomic E-state index is 10.8. The first kappa shape index (κ1) is 12.7. The molecule has 1 aliphatic rings. The van der Waals surface area contributed by atoms with Crippen molar-refractivity contribution >= 4 is 28.7 Å². The second kappa shape index (κ2) is 4.19. The van der Waals surface area contributed by atoms with Crippen LogP contribution in [0.2, 0.25) is 0 Å². The van der Waals surface area contributed by atoms with Crippen LogP contribution in [0.4, 0.5) is 4.79 Å². The highest BCUT2D eigenvalue weighted by atomic mass is 127. The minimum Gasteiger partial charge on any atom is -0.455 e. The van der Waals surface area contributed by atoms with E-state index < -0.39 is 11.7 Å². The van der Waals surface area contributed by atoms with Crippen molar-refractivity contribution in [2.24, 2.45) is 5.73 Å². The van der Waals surface area contributed by atoms with E-state index in [0.29, 0.717) is 0 Å². The Balaban J connectivity index is 2.10. The molecular formula is C12H16INO3. The molecule has 17 heavy (non-hydrogen) atoms. The maximum absolute atomic E-state index is 10.8. The molecule has 1 fully saturated rings. The molecule has 0 aliphatic heterocycles. The summed E-state index contributed by atoms with van der Waals surface area (Å²) in [4.78, 5) is 10.8. The lowest BCUT2D eigenvalue weighted by atomic mass is 9.89. The van der Waals surface area contributed by atoms with E-state index in [9.17, 15) is 4.79 Å². The van der Waals surface area contributed by atoms with Gasteiger partial charge >= 0.3 is 6.09 Å². The van der Waals surface area contributed by atoms with Gasteiger partial charge in [-0.3, -0.25) is 0 Å². The summed E-state index contributed by atoms with van der Waals surface area (Å²) in [6, 6.07) is 3.97. The highest BCUT2D eigenvalue weighted by molar-refractivity contribution is 14.1. The van der Waals surface area contributed by atoms with Gasteiger partial charge in [-0.2, -0.15) is 0 Å². The number of hydrogen-bond acceptors (Lipinski definition) is 3. The van der Waals surface area contributed by atoms with Crippen molar-refractivity contribution in [1.29, 1.82) is 0 Å². The van der Waals surface area contributed by atoms with Crippen LogP contribution in [0.1, 0.15) is 38.9 Å². The highest BCUT2D eigenvalue weighted by Crippen LogP contribution is 2.54. The van der Waals surface area contributed by atoms with Crippen LogP contribution in [0.15, 0.2) is 16.5 Å². The van der Waals surface area contributed by atoms with E-state index >= 15 is 0 Å². The van der Waals surface area contributed by atoms with E-state index in [1.165, 1.54) is 0 Å². The normalized spacial score (nSPS) is 17.8. The SMILES string of the molecule is CC(C)(CC1(c2ccc(I)o2)CC1)OC(N)=O. The fraction of sp³-hybridized carbons (Fsp3) is 0.583. The summed E-state index contributed by atoms with van der Waals surface area (Å²) in [6.45, 7) is 3.76. The molecule has 1 heterocycles. The molecule has 0 spiro atoms. The maximum Gasteiger partial charge on any atom is 0.405 e. The second-order valence-corrected chi connectivity index (χ2v) is 6.30. The van der Waals surface area contributed by atoms with Crippen molar-refractivity contribution in [3.05, 3.63) is 21.7 Å². The molecule has 1 saturated carbocycles. The molecule has 1 amide bonds. The smallest absolute Gasteiger partial charge is 0.405 e. The van der Waals surface area contributed by atoms with Crippen molar-refractivity contribution in [2.75, 3.05) is 0 Å². The molecular weight excluding hydrogens is 333 g/mol. The number of primary amides is 1. The topological polar surface area (TPSA) is 65.5 Å². The third-order valence-electron chi connectivity index (χ3n) is 3.09. The summed E-state index contributed by atoms with van der Waals surface area (Å²) in [5.41, 5.74) is 4.55. The fourth-order valence-corrected chi connectivity index (χ4v) is 2.80. The standard InChI is InChI=1S/C12H16INO3/c1-11(2,17-10(14)15)7-12(5-6-12)8-3-4-9(13)16-8/h3-4H,5-7H2,1-2H3,(H2,14,15). The lowest BCUT2D eigenvalue weighted by Gasteiger charge is -2.28. The Morgan fingerprint density at radius 2 is 2.24 bits per heavy atom. The summed E-state index contributed by atoms with van der Waals surface area (Å²) < 4.78 is 11.7. The van der Waals surface area contributed by atoms with Gasteiger partial charge in [0, 0.05) is 5.41 Å². The third kappa shape index (κ3) is 2.94. The quantitative estimate of drug-likeness (QED) is 0.849. The van der Waals surface area contributed by atoms with Crippen LogP contribution in [0.5, 0.6) is 0 Å². The molecule has 0 saturated heterocycles. The van der Waals surface area contributed by atoms with Gasteiger partial charge in [0.2, 0.25) is 0 Å². The van der Waals surface area contributed by atoms with Crippen molar-refractivity contribution in [3.8, 4) is 0 Å². The molecule has 1 aromatic rings. The van der Waals surface area contributed by atoms with Gasteiger partial charge in [0.1, 0.15) is 11.4 Å². The van der Waals surface area contributed by atoms with Crippen molar-refractivity contribution in [3.63, 3.8) is 0 Å². The molecule has 0 radical (unpaired) electrons. The molecule has 0 atom stereocenters. The second-order valence-electron chi connectivity index (χ2n) is 5.24. The number of carbonyl (C=O) groups excluding carboxylic acids is 1.